The molecule has 0 radical (unpaired) electrons. The Kier molecular flexibility index (Phi) is 6.63. The maximum absolute atomic E-state index is 12.9. The van der Waals surface area contributed by atoms with Gasteiger partial charge in [-0.25, -0.2) is 8.42 Å². The number of nitrogens with one attached hydrogen (secondary N) is 1. The van der Waals surface area contributed by atoms with Crippen molar-refractivity contribution in [1.29, 1.82) is 0 Å². The number of rotatable bonds is 7. The number of sulfonamides is 1. The van der Waals surface area contributed by atoms with Gasteiger partial charge in [-0.1, -0.05) is 29.4 Å². The Bertz CT molecular complexity index is 1200. The SMILES string of the molecule is Cc1cc(NC(=O)[C@@H](C)Sc2nnc(-c3cccc(S(=O)(=O)N4CCCCC4)c3)o2)no1. The fourth-order valence-corrected chi connectivity index (χ4v) is 5.52. The van der Waals surface area contributed by atoms with E-state index in [0.717, 1.165) is 31.0 Å². The molecule has 3 heterocycles. The fourth-order valence-electron chi connectivity index (χ4n) is 3.28. The largest absolute Gasteiger partial charge is 0.411 e. The summed E-state index contributed by atoms with van der Waals surface area (Å²) in [5.74, 6) is 0.810. The van der Waals surface area contributed by atoms with Crippen LogP contribution in [0.2, 0.25) is 0 Å². The summed E-state index contributed by atoms with van der Waals surface area (Å²) in [4.78, 5) is 12.5. The molecule has 32 heavy (non-hydrogen) atoms. The summed E-state index contributed by atoms with van der Waals surface area (Å²) >= 11 is 1.09. The smallest absolute Gasteiger partial charge is 0.277 e. The Morgan fingerprint density at radius 2 is 1.97 bits per heavy atom. The normalized spacial score (nSPS) is 16.1. The predicted octanol–water partition coefficient (Wildman–Crippen LogP) is 3.33. The lowest BCUT2D eigenvalue weighted by atomic mass is 10.2. The van der Waals surface area contributed by atoms with Gasteiger partial charge in [0.05, 0.1) is 10.1 Å². The number of carbonyl (C=O) groups is 1. The van der Waals surface area contributed by atoms with Crippen molar-refractivity contribution >= 4 is 33.5 Å². The molecule has 1 aromatic carbocycles. The molecule has 1 aliphatic rings. The molecule has 170 valence electrons. The van der Waals surface area contributed by atoms with Crippen LogP contribution in [0.3, 0.4) is 0 Å². The highest BCUT2D eigenvalue weighted by Gasteiger charge is 2.27. The van der Waals surface area contributed by atoms with Gasteiger partial charge in [-0.15, -0.1) is 10.2 Å². The number of aryl methyl sites for hydroxylation is 1. The number of amides is 1. The topological polar surface area (TPSA) is 131 Å². The maximum atomic E-state index is 12.9. The zero-order valence-electron chi connectivity index (χ0n) is 17.6. The molecule has 1 amide bonds. The number of hydrogen-bond acceptors (Lipinski definition) is 9. The van der Waals surface area contributed by atoms with E-state index in [0.29, 0.717) is 30.2 Å². The van der Waals surface area contributed by atoms with Crippen LogP contribution in [0.25, 0.3) is 11.5 Å². The quantitative estimate of drug-likeness (QED) is 0.509. The van der Waals surface area contributed by atoms with Crippen LogP contribution in [-0.2, 0) is 14.8 Å². The third-order valence-electron chi connectivity index (χ3n) is 4.97. The molecule has 2 aromatic heterocycles. The van der Waals surface area contributed by atoms with Crippen LogP contribution in [0.4, 0.5) is 5.82 Å². The number of hydrogen-bond donors (Lipinski definition) is 1. The van der Waals surface area contributed by atoms with Gasteiger partial charge in [0.1, 0.15) is 5.76 Å². The molecule has 1 N–H and O–H groups in total. The first kappa shape index (κ1) is 22.5. The van der Waals surface area contributed by atoms with Crippen molar-refractivity contribution in [2.75, 3.05) is 18.4 Å². The number of benzene rings is 1. The zero-order chi connectivity index (χ0) is 22.7. The monoisotopic (exact) mass is 477 g/mol. The molecule has 4 rings (SSSR count). The summed E-state index contributed by atoms with van der Waals surface area (Å²) in [5.41, 5.74) is 0.498. The summed E-state index contributed by atoms with van der Waals surface area (Å²) in [6.07, 6.45) is 2.78. The zero-order valence-corrected chi connectivity index (χ0v) is 19.3. The Hall–Kier alpha value is -2.70. The first-order valence-corrected chi connectivity index (χ1v) is 12.5. The van der Waals surface area contributed by atoms with Gasteiger partial charge in [-0.2, -0.15) is 4.31 Å². The highest BCUT2D eigenvalue weighted by atomic mass is 32.2. The van der Waals surface area contributed by atoms with Crippen molar-refractivity contribution in [3.63, 3.8) is 0 Å². The average molecular weight is 478 g/mol. The van der Waals surface area contributed by atoms with Gasteiger partial charge in [-0.3, -0.25) is 4.79 Å². The molecule has 1 saturated heterocycles. The Morgan fingerprint density at radius 1 is 1.19 bits per heavy atom. The molecule has 12 heteroatoms. The number of nitrogens with zero attached hydrogens (tertiary/aromatic N) is 4. The molecule has 1 atom stereocenters. The first-order chi connectivity index (χ1) is 15.3. The molecular weight excluding hydrogens is 454 g/mol. The highest BCUT2D eigenvalue weighted by molar-refractivity contribution is 8.00. The van der Waals surface area contributed by atoms with Gasteiger partial charge in [0.15, 0.2) is 5.82 Å². The van der Waals surface area contributed by atoms with Crippen molar-refractivity contribution in [3.05, 3.63) is 36.1 Å². The van der Waals surface area contributed by atoms with E-state index in [1.165, 1.54) is 10.4 Å². The lowest BCUT2D eigenvalue weighted by Gasteiger charge is -2.25. The Balaban J connectivity index is 1.45. The number of thioether (sulfide) groups is 1. The van der Waals surface area contributed by atoms with E-state index in [1.54, 1.807) is 38.1 Å². The van der Waals surface area contributed by atoms with E-state index < -0.39 is 15.3 Å². The molecule has 3 aromatic rings. The molecule has 10 nitrogen and oxygen atoms in total. The molecular formula is C20H23N5O5S2. The van der Waals surface area contributed by atoms with Crippen LogP contribution >= 0.6 is 11.8 Å². The van der Waals surface area contributed by atoms with Crippen molar-refractivity contribution in [2.24, 2.45) is 0 Å². The maximum Gasteiger partial charge on any atom is 0.277 e. The Labute approximate surface area is 189 Å². The van der Waals surface area contributed by atoms with Gasteiger partial charge in [0.2, 0.25) is 21.8 Å². The number of anilines is 1. The van der Waals surface area contributed by atoms with Crippen LogP contribution in [0.1, 0.15) is 31.9 Å². The molecule has 1 aliphatic heterocycles. The van der Waals surface area contributed by atoms with Gasteiger partial charge >= 0.3 is 0 Å². The van der Waals surface area contributed by atoms with Gasteiger partial charge in [0, 0.05) is 24.7 Å². The van der Waals surface area contributed by atoms with Crippen LogP contribution in [-0.4, -0.2) is 52.3 Å². The molecule has 0 spiro atoms. The molecule has 0 bridgehead atoms. The van der Waals surface area contributed by atoms with Gasteiger partial charge < -0.3 is 14.3 Å². The third-order valence-corrected chi connectivity index (χ3v) is 7.80. The lowest BCUT2D eigenvalue weighted by Crippen LogP contribution is -2.35. The standard InChI is InChI=1S/C20H23N5O5S2/c1-13-11-17(24-30-13)21-18(26)14(2)31-20-23-22-19(29-20)15-7-6-8-16(12-15)32(27,28)25-9-4-3-5-10-25/h6-8,11-12,14H,3-5,9-10H2,1-2H3,(H,21,24,26)/t14-/m1/s1. The van der Waals surface area contributed by atoms with Crippen molar-refractivity contribution in [2.45, 2.75) is 48.5 Å². The Morgan fingerprint density at radius 3 is 2.69 bits per heavy atom. The fraction of sp³-hybridized carbons (Fsp3) is 0.400. The third kappa shape index (κ3) is 5.03. The van der Waals surface area contributed by atoms with E-state index >= 15 is 0 Å². The number of aromatic nitrogens is 3. The molecule has 1 fully saturated rings. The van der Waals surface area contributed by atoms with E-state index in [2.05, 4.69) is 20.7 Å². The van der Waals surface area contributed by atoms with E-state index in [9.17, 15) is 13.2 Å². The average Bonchev–Trinajstić information content (AvgIpc) is 3.43. The van der Waals surface area contributed by atoms with Crippen LogP contribution in [0.15, 0.2) is 49.4 Å². The summed E-state index contributed by atoms with van der Waals surface area (Å²) in [7, 11) is -3.57. The minimum Gasteiger partial charge on any atom is -0.411 e. The molecule has 0 unspecified atom stereocenters. The van der Waals surface area contributed by atoms with Crippen LogP contribution in [0.5, 0.6) is 0 Å². The highest BCUT2D eigenvalue weighted by Crippen LogP contribution is 2.29. The van der Waals surface area contributed by atoms with Gasteiger partial charge in [0.25, 0.3) is 5.22 Å². The summed E-state index contributed by atoms with van der Waals surface area (Å²) < 4.78 is 38.0. The lowest BCUT2D eigenvalue weighted by molar-refractivity contribution is -0.115. The van der Waals surface area contributed by atoms with E-state index in [-0.39, 0.29) is 21.9 Å². The minimum absolute atomic E-state index is 0.183. The summed E-state index contributed by atoms with van der Waals surface area (Å²) in [6, 6.07) is 8.08. The minimum atomic E-state index is -3.57. The van der Waals surface area contributed by atoms with Crippen LogP contribution in [0, 0.1) is 6.92 Å². The van der Waals surface area contributed by atoms with Crippen molar-refractivity contribution in [1.82, 2.24) is 19.7 Å². The van der Waals surface area contributed by atoms with Crippen molar-refractivity contribution < 1.29 is 22.2 Å². The first-order valence-electron chi connectivity index (χ1n) is 10.2. The van der Waals surface area contributed by atoms with Crippen molar-refractivity contribution in [3.8, 4) is 11.5 Å². The number of carbonyl (C=O) groups excluding carboxylic acids is 1. The van der Waals surface area contributed by atoms with Gasteiger partial charge in [-0.05, 0) is 44.9 Å². The summed E-state index contributed by atoms with van der Waals surface area (Å²) in [5, 5.41) is 14.0. The predicted molar refractivity (Wildman–Crippen MR) is 118 cm³/mol. The van der Waals surface area contributed by atoms with E-state index in [4.69, 9.17) is 8.94 Å². The second kappa shape index (κ2) is 9.43. The molecule has 0 saturated carbocycles. The second-order valence-corrected chi connectivity index (χ2v) is 10.7. The number of piperidine rings is 1. The van der Waals surface area contributed by atoms with Crippen LogP contribution < -0.4 is 5.32 Å². The molecule has 0 aliphatic carbocycles. The second-order valence-electron chi connectivity index (χ2n) is 7.44. The summed E-state index contributed by atoms with van der Waals surface area (Å²) in [6.45, 7) is 4.49. The van der Waals surface area contributed by atoms with E-state index in [1.807, 2.05) is 0 Å².